The van der Waals surface area contributed by atoms with Crippen LogP contribution >= 0.6 is 11.3 Å². The summed E-state index contributed by atoms with van der Waals surface area (Å²) >= 11 is 1.77. The molecule has 0 radical (unpaired) electrons. The molecule has 0 amide bonds. The number of piperidine rings is 1. The van der Waals surface area contributed by atoms with Crippen molar-refractivity contribution >= 4 is 11.3 Å². The summed E-state index contributed by atoms with van der Waals surface area (Å²) in [5.41, 5.74) is 0. The second-order valence-corrected chi connectivity index (χ2v) is 6.89. The Kier molecular flexibility index (Phi) is 6.95. The molecule has 0 bridgehead atoms. The minimum absolute atomic E-state index is 0. The number of nitrogens with zero attached hydrogens (tertiary/aromatic N) is 5. The molecular formula is C15H23ClN5OS-. The Labute approximate surface area is 147 Å². The molecule has 8 heteroatoms. The van der Waals surface area contributed by atoms with Gasteiger partial charge in [-0.2, -0.15) is 0 Å². The fraction of sp³-hybridized carbons (Fsp3) is 0.667. The Morgan fingerprint density at radius 2 is 2.35 bits per heavy atom. The largest absolute Gasteiger partial charge is 1.00 e. The number of likely N-dealkylation sites (tertiary alicyclic amines) is 1. The van der Waals surface area contributed by atoms with Crippen molar-refractivity contribution in [1.82, 2.24) is 25.1 Å². The van der Waals surface area contributed by atoms with Crippen molar-refractivity contribution in [2.75, 3.05) is 26.8 Å². The van der Waals surface area contributed by atoms with Crippen LogP contribution in [-0.2, 0) is 11.3 Å². The molecule has 3 heterocycles. The van der Waals surface area contributed by atoms with E-state index in [4.69, 9.17) is 4.74 Å². The van der Waals surface area contributed by atoms with E-state index >= 15 is 0 Å². The fourth-order valence-electron chi connectivity index (χ4n) is 3.12. The minimum Gasteiger partial charge on any atom is -1.00 e. The fourth-order valence-corrected chi connectivity index (χ4v) is 3.98. The highest BCUT2D eigenvalue weighted by Crippen LogP contribution is 2.33. The quantitative estimate of drug-likeness (QED) is 0.678. The number of rotatable bonds is 6. The third-order valence-electron chi connectivity index (χ3n) is 4.18. The number of hydrogen-bond acceptors (Lipinski definition) is 6. The molecule has 1 saturated heterocycles. The van der Waals surface area contributed by atoms with E-state index in [1.165, 1.54) is 17.7 Å². The van der Waals surface area contributed by atoms with E-state index < -0.39 is 0 Å². The molecule has 0 aliphatic carbocycles. The van der Waals surface area contributed by atoms with Gasteiger partial charge in [0, 0.05) is 18.5 Å². The molecular weight excluding hydrogens is 334 g/mol. The van der Waals surface area contributed by atoms with E-state index in [1.807, 2.05) is 4.68 Å². The number of methoxy groups -OCH3 is 1. The van der Waals surface area contributed by atoms with Gasteiger partial charge in [-0.25, -0.2) is 4.68 Å². The number of tetrazole rings is 1. The summed E-state index contributed by atoms with van der Waals surface area (Å²) in [7, 11) is 1.70. The summed E-state index contributed by atoms with van der Waals surface area (Å²) in [6, 6.07) is 4.43. The lowest BCUT2D eigenvalue weighted by molar-refractivity contribution is -0.00000515. The summed E-state index contributed by atoms with van der Waals surface area (Å²) in [4.78, 5) is 3.83. The highest BCUT2D eigenvalue weighted by molar-refractivity contribution is 7.10. The predicted molar refractivity (Wildman–Crippen MR) is 85.8 cm³/mol. The summed E-state index contributed by atoms with van der Waals surface area (Å²) in [6.45, 7) is 5.82. The van der Waals surface area contributed by atoms with E-state index in [-0.39, 0.29) is 18.4 Å². The van der Waals surface area contributed by atoms with Crippen LogP contribution in [0.15, 0.2) is 17.5 Å². The predicted octanol–water partition coefficient (Wildman–Crippen LogP) is -0.794. The lowest BCUT2D eigenvalue weighted by atomic mass is 9.98. The van der Waals surface area contributed by atoms with Gasteiger partial charge < -0.3 is 17.1 Å². The Morgan fingerprint density at radius 3 is 3.04 bits per heavy atom. The first-order chi connectivity index (χ1) is 10.8. The highest BCUT2D eigenvalue weighted by Gasteiger charge is 2.31. The van der Waals surface area contributed by atoms with Crippen molar-refractivity contribution in [3.63, 3.8) is 0 Å². The van der Waals surface area contributed by atoms with Crippen LogP contribution in [0.1, 0.15) is 36.5 Å². The molecule has 23 heavy (non-hydrogen) atoms. The van der Waals surface area contributed by atoms with Crippen molar-refractivity contribution in [3.8, 4) is 0 Å². The third-order valence-corrected chi connectivity index (χ3v) is 5.10. The van der Waals surface area contributed by atoms with Crippen LogP contribution in [0.4, 0.5) is 0 Å². The van der Waals surface area contributed by atoms with Gasteiger partial charge in [-0.3, -0.25) is 4.90 Å². The molecule has 128 valence electrons. The maximum Gasteiger partial charge on any atom is 0.173 e. The maximum atomic E-state index is 5.18. The number of thiophene rings is 1. The first-order valence-corrected chi connectivity index (χ1v) is 8.70. The normalized spacial score (nSPS) is 20.2. The van der Waals surface area contributed by atoms with Crippen molar-refractivity contribution in [2.24, 2.45) is 5.92 Å². The van der Waals surface area contributed by atoms with Gasteiger partial charge >= 0.3 is 0 Å². The van der Waals surface area contributed by atoms with Gasteiger partial charge in [0.1, 0.15) is 6.04 Å². The standard InChI is InChI=1S/C15H23N5OS.ClH/c1-12-5-3-7-19(11-12)14(13-6-4-10-22-13)15-16-17-18-20(15)8-9-21-2;/h4,6,10,12,14H,3,5,7-9,11H2,1-2H3;1H/p-1. The second kappa shape index (κ2) is 8.73. The lowest BCUT2D eigenvalue weighted by Crippen LogP contribution is -3.00. The van der Waals surface area contributed by atoms with Gasteiger partial charge in [-0.1, -0.05) is 13.0 Å². The summed E-state index contributed by atoms with van der Waals surface area (Å²) in [5.74, 6) is 1.65. The number of hydrogen-bond donors (Lipinski definition) is 0. The van der Waals surface area contributed by atoms with Crippen LogP contribution in [0.3, 0.4) is 0 Å². The van der Waals surface area contributed by atoms with Gasteiger partial charge in [0.2, 0.25) is 0 Å². The molecule has 0 aromatic carbocycles. The zero-order chi connectivity index (χ0) is 15.4. The van der Waals surface area contributed by atoms with E-state index in [0.717, 1.165) is 24.8 Å². The van der Waals surface area contributed by atoms with Crippen LogP contribution < -0.4 is 12.4 Å². The molecule has 0 saturated carbocycles. The molecule has 1 aliphatic rings. The number of ether oxygens (including phenoxy) is 1. The monoisotopic (exact) mass is 356 g/mol. The number of aromatic nitrogens is 4. The maximum absolute atomic E-state index is 5.18. The lowest BCUT2D eigenvalue weighted by Gasteiger charge is -2.36. The molecule has 2 aromatic heterocycles. The molecule has 1 aliphatic heterocycles. The molecule has 2 atom stereocenters. The average Bonchev–Trinajstić information content (AvgIpc) is 3.18. The Balaban J connectivity index is 0.00000192. The number of halogens is 1. The van der Waals surface area contributed by atoms with Gasteiger partial charge in [0.05, 0.1) is 13.2 Å². The molecule has 6 nitrogen and oxygen atoms in total. The van der Waals surface area contributed by atoms with Crippen molar-refractivity contribution in [2.45, 2.75) is 32.4 Å². The smallest absolute Gasteiger partial charge is 0.173 e. The van der Waals surface area contributed by atoms with Gasteiger partial charge in [0.15, 0.2) is 5.82 Å². The van der Waals surface area contributed by atoms with E-state index in [2.05, 4.69) is 44.9 Å². The van der Waals surface area contributed by atoms with Crippen molar-refractivity contribution < 1.29 is 17.1 Å². The summed E-state index contributed by atoms with van der Waals surface area (Å²) in [6.07, 6.45) is 2.55. The molecule has 2 aromatic rings. The minimum atomic E-state index is 0. The molecule has 3 rings (SSSR count). The van der Waals surface area contributed by atoms with Crippen LogP contribution in [0.25, 0.3) is 0 Å². The Morgan fingerprint density at radius 1 is 1.48 bits per heavy atom. The van der Waals surface area contributed by atoms with Gasteiger partial charge in [0.25, 0.3) is 0 Å². The topological polar surface area (TPSA) is 56.1 Å². The second-order valence-electron chi connectivity index (χ2n) is 5.91. The zero-order valence-electron chi connectivity index (χ0n) is 13.6. The molecule has 2 unspecified atom stereocenters. The van der Waals surface area contributed by atoms with Crippen molar-refractivity contribution in [3.05, 3.63) is 28.2 Å². The van der Waals surface area contributed by atoms with Crippen molar-refractivity contribution in [1.29, 1.82) is 0 Å². The van der Waals surface area contributed by atoms with Crippen LogP contribution in [-0.4, -0.2) is 51.9 Å². The molecule has 0 N–H and O–H groups in total. The Bertz CT molecular complexity index is 576. The average molecular weight is 357 g/mol. The van der Waals surface area contributed by atoms with Gasteiger partial charge in [-0.15, -0.1) is 16.4 Å². The van der Waals surface area contributed by atoms with E-state index in [1.54, 1.807) is 18.4 Å². The zero-order valence-corrected chi connectivity index (χ0v) is 15.1. The van der Waals surface area contributed by atoms with Crippen LogP contribution in [0, 0.1) is 5.92 Å². The Hall–Kier alpha value is -1.02. The first kappa shape index (κ1) is 18.3. The summed E-state index contributed by atoms with van der Waals surface area (Å²) in [5, 5.41) is 14.5. The first-order valence-electron chi connectivity index (χ1n) is 7.82. The SMILES string of the molecule is COCCn1nnnc1C(c1cccs1)N1CCCC(C)C1.[Cl-]. The molecule has 0 spiro atoms. The van der Waals surface area contributed by atoms with Gasteiger partial charge in [-0.05, 0) is 47.2 Å². The third kappa shape index (κ3) is 4.29. The summed E-state index contributed by atoms with van der Waals surface area (Å²) < 4.78 is 7.06. The van der Waals surface area contributed by atoms with Crippen LogP contribution in [0.5, 0.6) is 0 Å². The highest BCUT2D eigenvalue weighted by atomic mass is 35.5. The van der Waals surface area contributed by atoms with E-state index in [9.17, 15) is 0 Å². The van der Waals surface area contributed by atoms with Crippen LogP contribution in [0.2, 0.25) is 0 Å². The molecule has 1 fully saturated rings. The van der Waals surface area contributed by atoms with E-state index in [0.29, 0.717) is 13.2 Å².